The van der Waals surface area contributed by atoms with E-state index in [4.69, 9.17) is 4.74 Å². The highest BCUT2D eigenvalue weighted by atomic mass is 16.5. The summed E-state index contributed by atoms with van der Waals surface area (Å²) < 4.78 is 5.44. The minimum atomic E-state index is 0.498. The zero-order chi connectivity index (χ0) is 11.0. The van der Waals surface area contributed by atoms with E-state index in [2.05, 4.69) is 4.90 Å². The fourth-order valence-corrected chi connectivity index (χ4v) is 3.79. The average molecular weight is 223 g/mol. The third-order valence-corrected chi connectivity index (χ3v) is 4.46. The van der Waals surface area contributed by atoms with E-state index in [1.165, 1.54) is 32.1 Å². The lowest BCUT2D eigenvalue weighted by Crippen LogP contribution is -2.57. The number of hydrogen-bond donors (Lipinski definition) is 0. The molecule has 3 rings (SSSR count). The van der Waals surface area contributed by atoms with Crippen LogP contribution >= 0.6 is 0 Å². The molecule has 3 aliphatic rings. The monoisotopic (exact) mass is 223 g/mol. The number of carbonyl (C=O) groups excluding carboxylic acids is 1. The summed E-state index contributed by atoms with van der Waals surface area (Å²) in [5.41, 5.74) is 0. The Morgan fingerprint density at radius 1 is 0.938 bits per heavy atom. The van der Waals surface area contributed by atoms with Crippen LogP contribution in [-0.4, -0.2) is 42.0 Å². The van der Waals surface area contributed by atoms with E-state index in [1.54, 1.807) is 0 Å². The molecular formula is C13H21NO2. The van der Waals surface area contributed by atoms with E-state index < -0.39 is 0 Å². The number of carbonyl (C=O) groups is 1. The van der Waals surface area contributed by atoms with E-state index in [9.17, 15) is 4.79 Å². The number of fused-ring (bicyclic) bond motifs is 2. The number of ether oxygens (including phenoxy) is 1. The van der Waals surface area contributed by atoms with Crippen LogP contribution in [0.25, 0.3) is 0 Å². The number of hydrogen-bond acceptors (Lipinski definition) is 3. The SMILES string of the molecule is O=C1CC2CCCC(C1)N2C1CCOCC1. The normalized spacial score (nSPS) is 37.6. The van der Waals surface area contributed by atoms with Gasteiger partial charge in [-0.3, -0.25) is 9.69 Å². The largest absolute Gasteiger partial charge is 0.381 e. The van der Waals surface area contributed by atoms with Gasteiger partial charge >= 0.3 is 0 Å². The highest BCUT2D eigenvalue weighted by Gasteiger charge is 2.41. The summed E-state index contributed by atoms with van der Waals surface area (Å²) in [6.45, 7) is 1.82. The van der Waals surface area contributed by atoms with Crippen molar-refractivity contribution >= 4 is 5.78 Å². The maximum absolute atomic E-state index is 11.7. The van der Waals surface area contributed by atoms with E-state index in [0.29, 0.717) is 23.9 Å². The smallest absolute Gasteiger partial charge is 0.136 e. The van der Waals surface area contributed by atoms with Gasteiger partial charge in [0.2, 0.25) is 0 Å². The van der Waals surface area contributed by atoms with Gasteiger partial charge in [-0.15, -0.1) is 0 Å². The first-order valence-electron chi connectivity index (χ1n) is 6.71. The topological polar surface area (TPSA) is 29.5 Å². The first-order valence-corrected chi connectivity index (χ1v) is 6.71. The Balaban J connectivity index is 1.75. The predicted octanol–water partition coefficient (Wildman–Crippen LogP) is 1.75. The van der Waals surface area contributed by atoms with Gasteiger partial charge in [-0.25, -0.2) is 0 Å². The lowest BCUT2D eigenvalue weighted by molar-refractivity contribution is -0.130. The van der Waals surface area contributed by atoms with Crippen molar-refractivity contribution in [3.63, 3.8) is 0 Å². The number of nitrogens with zero attached hydrogens (tertiary/aromatic N) is 1. The molecule has 0 N–H and O–H groups in total. The molecule has 90 valence electrons. The number of rotatable bonds is 1. The minimum absolute atomic E-state index is 0.498. The molecule has 0 aliphatic carbocycles. The van der Waals surface area contributed by atoms with Gasteiger partial charge in [0.1, 0.15) is 5.78 Å². The van der Waals surface area contributed by atoms with Gasteiger partial charge in [0, 0.05) is 44.2 Å². The van der Waals surface area contributed by atoms with Crippen molar-refractivity contribution in [2.24, 2.45) is 0 Å². The summed E-state index contributed by atoms with van der Waals surface area (Å²) in [5, 5.41) is 0. The lowest BCUT2D eigenvalue weighted by atomic mass is 9.81. The molecule has 3 heterocycles. The molecule has 3 fully saturated rings. The van der Waals surface area contributed by atoms with Crippen molar-refractivity contribution < 1.29 is 9.53 Å². The summed E-state index contributed by atoms with van der Waals surface area (Å²) in [6, 6.07) is 1.81. The molecular weight excluding hydrogens is 202 g/mol. The Morgan fingerprint density at radius 3 is 2.19 bits per heavy atom. The van der Waals surface area contributed by atoms with Crippen molar-refractivity contribution in [3.05, 3.63) is 0 Å². The Labute approximate surface area is 97.1 Å². The highest BCUT2D eigenvalue weighted by molar-refractivity contribution is 5.80. The third-order valence-electron chi connectivity index (χ3n) is 4.46. The van der Waals surface area contributed by atoms with Crippen LogP contribution in [0.4, 0.5) is 0 Å². The molecule has 0 aromatic carbocycles. The van der Waals surface area contributed by atoms with E-state index in [1.807, 2.05) is 0 Å². The molecule has 2 bridgehead atoms. The van der Waals surface area contributed by atoms with Crippen LogP contribution in [0.2, 0.25) is 0 Å². The molecule has 0 amide bonds. The van der Waals surface area contributed by atoms with Gasteiger partial charge in [-0.1, -0.05) is 6.42 Å². The summed E-state index contributed by atoms with van der Waals surface area (Å²) >= 11 is 0. The zero-order valence-electron chi connectivity index (χ0n) is 9.86. The fourth-order valence-electron chi connectivity index (χ4n) is 3.79. The maximum atomic E-state index is 11.7. The average Bonchev–Trinajstić information content (AvgIpc) is 2.29. The second-order valence-corrected chi connectivity index (χ2v) is 5.48. The number of ketones is 1. The lowest BCUT2D eigenvalue weighted by Gasteiger charge is -2.50. The Hall–Kier alpha value is -0.410. The second kappa shape index (κ2) is 4.46. The Kier molecular flexibility index (Phi) is 2.99. The molecule has 0 aromatic rings. The molecule has 3 aliphatic heterocycles. The first kappa shape index (κ1) is 10.7. The highest BCUT2D eigenvalue weighted by Crippen LogP contribution is 2.36. The molecule has 2 atom stereocenters. The van der Waals surface area contributed by atoms with E-state index in [-0.39, 0.29) is 0 Å². The molecule has 0 radical (unpaired) electrons. The number of Topliss-reactive ketones (excluding diaryl/α,β-unsaturated/α-hetero) is 1. The molecule has 3 nitrogen and oxygen atoms in total. The Morgan fingerprint density at radius 2 is 1.56 bits per heavy atom. The van der Waals surface area contributed by atoms with Crippen LogP contribution in [0.1, 0.15) is 44.9 Å². The molecule has 0 spiro atoms. The van der Waals surface area contributed by atoms with Crippen LogP contribution in [0.15, 0.2) is 0 Å². The molecule has 3 saturated heterocycles. The van der Waals surface area contributed by atoms with E-state index in [0.717, 1.165) is 26.1 Å². The Bertz CT molecular complexity index is 257. The van der Waals surface area contributed by atoms with Crippen molar-refractivity contribution in [1.82, 2.24) is 4.90 Å². The predicted molar refractivity (Wildman–Crippen MR) is 61.3 cm³/mol. The summed E-state index contributed by atoms with van der Waals surface area (Å²) in [7, 11) is 0. The quantitative estimate of drug-likeness (QED) is 0.678. The van der Waals surface area contributed by atoms with Crippen molar-refractivity contribution in [1.29, 1.82) is 0 Å². The van der Waals surface area contributed by atoms with Gasteiger partial charge in [0.15, 0.2) is 0 Å². The van der Waals surface area contributed by atoms with Gasteiger partial charge in [-0.05, 0) is 25.7 Å². The summed E-state index contributed by atoms with van der Waals surface area (Å²) in [4.78, 5) is 14.3. The van der Waals surface area contributed by atoms with Gasteiger partial charge in [0.05, 0.1) is 0 Å². The van der Waals surface area contributed by atoms with Gasteiger partial charge in [-0.2, -0.15) is 0 Å². The number of piperidine rings is 2. The zero-order valence-corrected chi connectivity index (χ0v) is 9.86. The third kappa shape index (κ3) is 1.91. The summed E-state index contributed by atoms with van der Waals surface area (Å²) in [6.07, 6.45) is 7.76. The van der Waals surface area contributed by atoms with Crippen LogP contribution in [0.5, 0.6) is 0 Å². The van der Waals surface area contributed by atoms with Crippen molar-refractivity contribution in [2.45, 2.75) is 63.1 Å². The first-order chi connectivity index (χ1) is 7.84. The second-order valence-electron chi connectivity index (χ2n) is 5.48. The molecule has 2 unspecified atom stereocenters. The summed E-state index contributed by atoms with van der Waals surface area (Å²) in [5.74, 6) is 0.498. The fraction of sp³-hybridized carbons (Fsp3) is 0.923. The molecule has 0 aromatic heterocycles. The van der Waals surface area contributed by atoms with Crippen molar-refractivity contribution in [2.75, 3.05) is 13.2 Å². The van der Waals surface area contributed by atoms with E-state index >= 15 is 0 Å². The standard InChI is InChI=1S/C13H21NO2/c15-13-8-11-2-1-3-12(9-13)14(11)10-4-6-16-7-5-10/h10-12H,1-9H2. The van der Waals surface area contributed by atoms with Crippen LogP contribution < -0.4 is 0 Å². The van der Waals surface area contributed by atoms with Gasteiger partial charge < -0.3 is 4.74 Å². The molecule has 16 heavy (non-hydrogen) atoms. The minimum Gasteiger partial charge on any atom is -0.381 e. The molecule has 3 heteroatoms. The van der Waals surface area contributed by atoms with Crippen LogP contribution in [0.3, 0.4) is 0 Å². The van der Waals surface area contributed by atoms with Gasteiger partial charge in [0.25, 0.3) is 0 Å². The van der Waals surface area contributed by atoms with Crippen LogP contribution in [-0.2, 0) is 9.53 Å². The molecule has 0 saturated carbocycles. The van der Waals surface area contributed by atoms with Crippen molar-refractivity contribution in [3.8, 4) is 0 Å². The maximum Gasteiger partial charge on any atom is 0.136 e. The van der Waals surface area contributed by atoms with Crippen LogP contribution in [0, 0.1) is 0 Å².